The van der Waals surface area contributed by atoms with Gasteiger partial charge in [-0.2, -0.15) is 11.3 Å². The number of thiophene rings is 1. The molecule has 1 fully saturated rings. The molecule has 6 nitrogen and oxygen atoms in total. The molecule has 150 valence electrons. The quantitative estimate of drug-likeness (QED) is 0.712. The lowest BCUT2D eigenvalue weighted by atomic mass is 10.0. The summed E-state index contributed by atoms with van der Waals surface area (Å²) in [5.74, 6) is -0.198. The molecule has 0 aliphatic carbocycles. The van der Waals surface area contributed by atoms with Gasteiger partial charge < -0.3 is 15.4 Å². The van der Waals surface area contributed by atoms with E-state index in [9.17, 15) is 9.59 Å². The smallest absolute Gasteiger partial charge is 0.252 e. The van der Waals surface area contributed by atoms with Crippen molar-refractivity contribution in [1.82, 2.24) is 15.5 Å². The molecule has 0 saturated carbocycles. The fourth-order valence-electron chi connectivity index (χ4n) is 3.31. The van der Waals surface area contributed by atoms with E-state index in [4.69, 9.17) is 4.74 Å². The molecule has 28 heavy (non-hydrogen) atoms. The molecule has 0 radical (unpaired) electrons. The number of morpholine rings is 1. The summed E-state index contributed by atoms with van der Waals surface area (Å²) in [6.07, 6.45) is 0.263. The van der Waals surface area contributed by atoms with Crippen molar-refractivity contribution in [2.75, 3.05) is 39.4 Å². The first-order valence-corrected chi connectivity index (χ1v) is 10.5. The first kappa shape index (κ1) is 20.5. The lowest BCUT2D eigenvalue weighted by Gasteiger charge is -2.35. The molecule has 1 aliphatic rings. The number of rotatable bonds is 8. The zero-order valence-corrected chi connectivity index (χ0v) is 17.0. The van der Waals surface area contributed by atoms with Crippen LogP contribution in [0.25, 0.3) is 0 Å². The molecule has 0 bridgehead atoms. The number of ether oxygens (including phenoxy) is 1. The maximum atomic E-state index is 12.3. The largest absolute Gasteiger partial charge is 0.379 e. The summed E-state index contributed by atoms with van der Waals surface area (Å²) in [5, 5.41) is 9.48. The minimum Gasteiger partial charge on any atom is -0.379 e. The number of aryl methyl sites for hydroxylation is 1. The molecule has 3 rings (SSSR count). The zero-order chi connectivity index (χ0) is 19.8. The highest BCUT2D eigenvalue weighted by Gasteiger charge is 2.23. The van der Waals surface area contributed by atoms with Gasteiger partial charge in [-0.3, -0.25) is 14.5 Å². The van der Waals surface area contributed by atoms with E-state index in [0.717, 1.165) is 13.1 Å². The van der Waals surface area contributed by atoms with Crippen molar-refractivity contribution in [2.45, 2.75) is 19.4 Å². The minimum absolute atomic E-state index is 0.0588. The van der Waals surface area contributed by atoms with E-state index in [0.29, 0.717) is 31.9 Å². The molecule has 1 unspecified atom stereocenters. The predicted octanol–water partition coefficient (Wildman–Crippen LogP) is 2.37. The van der Waals surface area contributed by atoms with Crippen molar-refractivity contribution in [3.63, 3.8) is 0 Å². The van der Waals surface area contributed by atoms with Gasteiger partial charge in [0.05, 0.1) is 19.3 Å². The minimum atomic E-state index is -0.139. The highest BCUT2D eigenvalue weighted by Crippen LogP contribution is 2.22. The number of hydrogen-bond acceptors (Lipinski definition) is 5. The van der Waals surface area contributed by atoms with Crippen molar-refractivity contribution >= 4 is 23.2 Å². The fraction of sp³-hybridized carbons (Fsp3) is 0.429. The van der Waals surface area contributed by atoms with E-state index in [1.807, 2.05) is 5.38 Å². The third-order valence-electron chi connectivity index (χ3n) is 4.83. The third kappa shape index (κ3) is 5.89. The standard InChI is InChI=1S/C21H27N3O3S/c1-16-3-2-4-17(13-16)19(24-8-10-27-11-9-24)14-23-20(25)5-7-22-21(26)18-6-12-28-15-18/h2-4,6,12-13,15,19H,5,7-11,14H2,1H3,(H,22,26)(H,23,25). The first-order chi connectivity index (χ1) is 13.6. The molecule has 1 aromatic carbocycles. The van der Waals surface area contributed by atoms with Crippen molar-refractivity contribution in [3.05, 3.63) is 57.8 Å². The Hall–Kier alpha value is -2.22. The van der Waals surface area contributed by atoms with Crippen LogP contribution in [0.5, 0.6) is 0 Å². The van der Waals surface area contributed by atoms with E-state index in [2.05, 4.69) is 46.7 Å². The Labute approximate surface area is 169 Å². The Morgan fingerprint density at radius 2 is 2.04 bits per heavy atom. The van der Waals surface area contributed by atoms with Crippen LogP contribution in [-0.4, -0.2) is 56.1 Å². The monoisotopic (exact) mass is 401 g/mol. The molecule has 7 heteroatoms. The Morgan fingerprint density at radius 1 is 1.21 bits per heavy atom. The summed E-state index contributed by atoms with van der Waals surface area (Å²) >= 11 is 1.48. The number of carbonyl (C=O) groups excluding carboxylic acids is 2. The lowest BCUT2D eigenvalue weighted by molar-refractivity contribution is -0.121. The number of nitrogens with one attached hydrogen (secondary N) is 2. The lowest BCUT2D eigenvalue weighted by Crippen LogP contribution is -2.44. The summed E-state index contributed by atoms with van der Waals surface area (Å²) in [4.78, 5) is 26.6. The SMILES string of the molecule is Cc1cccc(C(CNC(=O)CCNC(=O)c2ccsc2)N2CCOCC2)c1. The van der Waals surface area contributed by atoms with E-state index < -0.39 is 0 Å². The van der Waals surface area contributed by atoms with Gasteiger partial charge in [-0.25, -0.2) is 0 Å². The van der Waals surface area contributed by atoms with E-state index in [1.54, 1.807) is 11.4 Å². The van der Waals surface area contributed by atoms with Crippen LogP contribution in [0.4, 0.5) is 0 Å². The summed E-state index contributed by atoms with van der Waals surface area (Å²) in [6, 6.07) is 10.3. The number of benzene rings is 1. The van der Waals surface area contributed by atoms with E-state index >= 15 is 0 Å². The second kappa shape index (κ2) is 10.4. The van der Waals surface area contributed by atoms with Gasteiger partial charge in [0.25, 0.3) is 5.91 Å². The second-order valence-electron chi connectivity index (χ2n) is 6.90. The van der Waals surface area contributed by atoms with Crippen molar-refractivity contribution < 1.29 is 14.3 Å². The molecule has 0 spiro atoms. The van der Waals surface area contributed by atoms with Gasteiger partial charge in [0.1, 0.15) is 0 Å². The van der Waals surface area contributed by atoms with Crippen LogP contribution in [0, 0.1) is 6.92 Å². The number of nitrogens with zero attached hydrogens (tertiary/aromatic N) is 1. The first-order valence-electron chi connectivity index (χ1n) is 9.59. The molecule has 1 aliphatic heterocycles. The third-order valence-corrected chi connectivity index (χ3v) is 5.51. The average molecular weight is 402 g/mol. The highest BCUT2D eigenvalue weighted by molar-refractivity contribution is 7.08. The summed E-state index contributed by atoms with van der Waals surface area (Å²) in [7, 11) is 0. The summed E-state index contributed by atoms with van der Waals surface area (Å²) in [5.41, 5.74) is 3.04. The fourth-order valence-corrected chi connectivity index (χ4v) is 3.94. The molecule has 2 N–H and O–H groups in total. The predicted molar refractivity (Wildman–Crippen MR) is 111 cm³/mol. The molecule has 2 amide bonds. The molecule has 1 aromatic heterocycles. The van der Waals surface area contributed by atoms with Crippen LogP contribution in [0.15, 0.2) is 41.1 Å². The number of hydrogen-bond donors (Lipinski definition) is 2. The van der Waals surface area contributed by atoms with Gasteiger partial charge >= 0.3 is 0 Å². The summed E-state index contributed by atoms with van der Waals surface area (Å²) in [6.45, 7) is 6.08. The van der Waals surface area contributed by atoms with Crippen LogP contribution >= 0.6 is 11.3 Å². The van der Waals surface area contributed by atoms with Crippen molar-refractivity contribution in [1.29, 1.82) is 0 Å². The highest BCUT2D eigenvalue weighted by atomic mass is 32.1. The maximum Gasteiger partial charge on any atom is 0.252 e. The van der Waals surface area contributed by atoms with Crippen LogP contribution < -0.4 is 10.6 Å². The van der Waals surface area contributed by atoms with Gasteiger partial charge in [0, 0.05) is 43.5 Å². The van der Waals surface area contributed by atoms with Crippen molar-refractivity contribution in [3.8, 4) is 0 Å². The van der Waals surface area contributed by atoms with Crippen molar-refractivity contribution in [2.24, 2.45) is 0 Å². The average Bonchev–Trinajstić information content (AvgIpc) is 3.24. The Morgan fingerprint density at radius 3 is 2.75 bits per heavy atom. The molecule has 2 aromatic rings. The topological polar surface area (TPSA) is 70.7 Å². The van der Waals surface area contributed by atoms with Crippen LogP contribution in [0.1, 0.15) is 33.9 Å². The van der Waals surface area contributed by atoms with Gasteiger partial charge in [0.2, 0.25) is 5.91 Å². The van der Waals surface area contributed by atoms with Gasteiger partial charge in [-0.05, 0) is 23.9 Å². The molecule has 1 atom stereocenters. The number of carbonyl (C=O) groups is 2. The molecule has 2 heterocycles. The normalized spacial score (nSPS) is 15.8. The van der Waals surface area contributed by atoms with Crippen LogP contribution in [-0.2, 0) is 9.53 Å². The zero-order valence-electron chi connectivity index (χ0n) is 16.1. The molecule has 1 saturated heterocycles. The van der Waals surface area contributed by atoms with E-state index in [-0.39, 0.29) is 24.3 Å². The molecular formula is C21H27N3O3S. The Kier molecular flexibility index (Phi) is 7.59. The van der Waals surface area contributed by atoms with Crippen LogP contribution in [0.2, 0.25) is 0 Å². The summed E-state index contributed by atoms with van der Waals surface area (Å²) < 4.78 is 5.47. The Balaban J connectivity index is 1.51. The maximum absolute atomic E-state index is 12.3. The molecular weight excluding hydrogens is 374 g/mol. The number of amides is 2. The van der Waals surface area contributed by atoms with Crippen LogP contribution in [0.3, 0.4) is 0 Å². The van der Waals surface area contributed by atoms with E-state index in [1.165, 1.54) is 22.5 Å². The van der Waals surface area contributed by atoms with Gasteiger partial charge in [0.15, 0.2) is 0 Å². The second-order valence-corrected chi connectivity index (χ2v) is 7.68. The Bertz CT molecular complexity index is 773. The van der Waals surface area contributed by atoms with Gasteiger partial charge in [-0.1, -0.05) is 29.8 Å². The van der Waals surface area contributed by atoms with Gasteiger partial charge in [-0.15, -0.1) is 0 Å².